The summed E-state index contributed by atoms with van der Waals surface area (Å²) in [7, 11) is 0. The first kappa shape index (κ1) is 11.7. The lowest BCUT2D eigenvalue weighted by molar-refractivity contribution is 0.529. The summed E-state index contributed by atoms with van der Waals surface area (Å²) in [5, 5.41) is 16.4. The molecule has 4 nitrogen and oxygen atoms in total. The fourth-order valence-electron chi connectivity index (χ4n) is 1.23. The summed E-state index contributed by atoms with van der Waals surface area (Å²) in [6.45, 7) is 8.97. The van der Waals surface area contributed by atoms with Crippen LogP contribution in [0.25, 0.3) is 0 Å². The van der Waals surface area contributed by atoms with E-state index in [1.807, 2.05) is 24.7 Å². The van der Waals surface area contributed by atoms with Gasteiger partial charge in [0.05, 0.1) is 0 Å². The molecule has 1 aromatic heterocycles. The molecule has 82 valence electrons. The Balaban J connectivity index is 2.82. The SMILES string of the molecule is CC(C)NCc1cn(C(C)C)nc1C#N. The molecule has 1 heterocycles. The zero-order valence-electron chi connectivity index (χ0n) is 9.78. The Bertz CT molecular complexity index is 357. The maximum atomic E-state index is 8.93. The number of hydrogen-bond donors (Lipinski definition) is 1. The van der Waals surface area contributed by atoms with Gasteiger partial charge in [-0.2, -0.15) is 10.4 Å². The minimum absolute atomic E-state index is 0.296. The first-order valence-electron chi connectivity index (χ1n) is 5.26. The standard InChI is InChI=1S/C11H18N4/c1-8(2)13-6-10-7-15(9(3)4)14-11(10)5-12/h7-9,13H,6H2,1-4H3. The lowest BCUT2D eigenvalue weighted by atomic mass is 10.2. The maximum absolute atomic E-state index is 8.93. The molecular formula is C11H18N4. The lowest BCUT2D eigenvalue weighted by Crippen LogP contribution is -2.22. The first-order valence-corrected chi connectivity index (χ1v) is 5.26. The van der Waals surface area contributed by atoms with Crippen molar-refractivity contribution >= 4 is 0 Å². The third kappa shape index (κ3) is 3.07. The van der Waals surface area contributed by atoms with Crippen LogP contribution in [0.4, 0.5) is 0 Å². The van der Waals surface area contributed by atoms with Crippen molar-refractivity contribution in [2.24, 2.45) is 0 Å². The van der Waals surface area contributed by atoms with Crippen molar-refractivity contribution in [3.63, 3.8) is 0 Å². The van der Waals surface area contributed by atoms with E-state index in [-0.39, 0.29) is 0 Å². The Morgan fingerprint density at radius 1 is 1.47 bits per heavy atom. The van der Waals surface area contributed by atoms with Crippen LogP contribution in [0.1, 0.15) is 45.0 Å². The van der Waals surface area contributed by atoms with E-state index in [1.54, 1.807) is 0 Å². The molecule has 0 aliphatic heterocycles. The van der Waals surface area contributed by atoms with E-state index in [0.29, 0.717) is 24.3 Å². The van der Waals surface area contributed by atoms with Crippen LogP contribution >= 0.6 is 0 Å². The summed E-state index contributed by atoms with van der Waals surface area (Å²) in [6.07, 6.45) is 1.94. The zero-order chi connectivity index (χ0) is 11.4. The van der Waals surface area contributed by atoms with Gasteiger partial charge in [-0.25, -0.2) is 0 Å². The van der Waals surface area contributed by atoms with E-state index >= 15 is 0 Å². The van der Waals surface area contributed by atoms with Gasteiger partial charge >= 0.3 is 0 Å². The third-order valence-corrected chi connectivity index (χ3v) is 2.14. The van der Waals surface area contributed by atoms with Crippen LogP contribution in [0.3, 0.4) is 0 Å². The summed E-state index contributed by atoms with van der Waals surface area (Å²) < 4.78 is 1.83. The van der Waals surface area contributed by atoms with Gasteiger partial charge in [0.2, 0.25) is 0 Å². The molecule has 0 fully saturated rings. The minimum atomic E-state index is 0.296. The Hall–Kier alpha value is -1.34. The Morgan fingerprint density at radius 3 is 2.60 bits per heavy atom. The van der Waals surface area contributed by atoms with E-state index < -0.39 is 0 Å². The van der Waals surface area contributed by atoms with Crippen molar-refractivity contribution in [1.29, 1.82) is 5.26 Å². The Kier molecular flexibility index (Phi) is 3.87. The number of rotatable bonds is 4. The fourth-order valence-corrected chi connectivity index (χ4v) is 1.23. The number of hydrogen-bond acceptors (Lipinski definition) is 3. The van der Waals surface area contributed by atoms with Gasteiger partial charge in [0, 0.05) is 30.4 Å². The van der Waals surface area contributed by atoms with E-state index in [4.69, 9.17) is 5.26 Å². The molecule has 0 aliphatic rings. The molecule has 0 saturated heterocycles. The van der Waals surface area contributed by atoms with Gasteiger partial charge in [-0.15, -0.1) is 0 Å². The van der Waals surface area contributed by atoms with Gasteiger partial charge in [-0.1, -0.05) is 13.8 Å². The van der Waals surface area contributed by atoms with Crippen LogP contribution in [0.5, 0.6) is 0 Å². The monoisotopic (exact) mass is 206 g/mol. The van der Waals surface area contributed by atoms with Crippen molar-refractivity contribution < 1.29 is 0 Å². The van der Waals surface area contributed by atoms with E-state index in [1.165, 1.54) is 0 Å². The van der Waals surface area contributed by atoms with E-state index in [9.17, 15) is 0 Å². The average Bonchev–Trinajstić information content (AvgIpc) is 2.57. The fraction of sp³-hybridized carbons (Fsp3) is 0.636. The van der Waals surface area contributed by atoms with Crippen molar-refractivity contribution in [3.8, 4) is 6.07 Å². The second kappa shape index (κ2) is 4.94. The Morgan fingerprint density at radius 2 is 2.13 bits per heavy atom. The third-order valence-electron chi connectivity index (χ3n) is 2.14. The number of nitrogens with zero attached hydrogens (tertiary/aromatic N) is 3. The van der Waals surface area contributed by atoms with Crippen LogP contribution in [-0.2, 0) is 6.54 Å². The summed E-state index contributed by atoms with van der Waals surface area (Å²) in [5.41, 5.74) is 1.50. The van der Waals surface area contributed by atoms with Crippen LogP contribution in [0.2, 0.25) is 0 Å². The zero-order valence-corrected chi connectivity index (χ0v) is 9.78. The molecule has 1 N–H and O–H groups in total. The van der Waals surface area contributed by atoms with Gasteiger partial charge in [0.15, 0.2) is 5.69 Å². The molecule has 0 atom stereocenters. The highest BCUT2D eigenvalue weighted by molar-refractivity contribution is 5.29. The van der Waals surface area contributed by atoms with Gasteiger partial charge in [-0.3, -0.25) is 4.68 Å². The van der Waals surface area contributed by atoms with Gasteiger partial charge < -0.3 is 5.32 Å². The summed E-state index contributed by atoms with van der Waals surface area (Å²) in [4.78, 5) is 0. The average molecular weight is 206 g/mol. The molecule has 0 unspecified atom stereocenters. The van der Waals surface area contributed by atoms with Crippen molar-refractivity contribution in [2.75, 3.05) is 0 Å². The van der Waals surface area contributed by atoms with E-state index in [2.05, 4.69) is 30.3 Å². The quantitative estimate of drug-likeness (QED) is 0.817. The molecule has 0 aromatic carbocycles. The largest absolute Gasteiger partial charge is 0.310 e. The van der Waals surface area contributed by atoms with Gasteiger partial charge in [-0.05, 0) is 13.8 Å². The van der Waals surface area contributed by atoms with E-state index in [0.717, 1.165) is 5.56 Å². The summed E-state index contributed by atoms with van der Waals surface area (Å²) >= 11 is 0. The second-order valence-corrected chi connectivity index (χ2v) is 4.22. The molecule has 1 rings (SSSR count). The van der Waals surface area contributed by atoms with Crippen molar-refractivity contribution in [1.82, 2.24) is 15.1 Å². The van der Waals surface area contributed by atoms with Gasteiger partial charge in [0.25, 0.3) is 0 Å². The van der Waals surface area contributed by atoms with Crippen LogP contribution in [0, 0.1) is 11.3 Å². The highest BCUT2D eigenvalue weighted by Crippen LogP contribution is 2.10. The Labute approximate surface area is 90.9 Å². The smallest absolute Gasteiger partial charge is 0.166 e. The molecule has 0 radical (unpaired) electrons. The molecule has 4 heteroatoms. The number of aromatic nitrogens is 2. The molecule has 0 spiro atoms. The first-order chi connectivity index (χ1) is 7.04. The summed E-state index contributed by atoms with van der Waals surface area (Å²) in [5.74, 6) is 0. The topological polar surface area (TPSA) is 53.6 Å². The second-order valence-electron chi connectivity index (χ2n) is 4.22. The maximum Gasteiger partial charge on any atom is 0.166 e. The van der Waals surface area contributed by atoms with Crippen molar-refractivity contribution in [2.45, 2.75) is 46.3 Å². The molecule has 1 aromatic rings. The molecular weight excluding hydrogens is 188 g/mol. The molecule has 0 saturated carbocycles. The van der Waals surface area contributed by atoms with Crippen LogP contribution in [0.15, 0.2) is 6.20 Å². The molecule has 15 heavy (non-hydrogen) atoms. The predicted octanol–water partition coefficient (Wildman–Crippen LogP) is 1.83. The molecule has 0 aliphatic carbocycles. The highest BCUT2D eigenvalue weighted by Gasteiger charge is 2.09. The summed E-state index contributed by atoms with van der Waals surface area (Å²) in [6, 6.07) is 2.83. The molecule has 0 amide bonds. The predicted molar refractivity (Wildman–Crippen MR) is 59.3 cm³/mol. The lowest BCUT2D eigenvalue weighted by Gasteiger charge is -2.06. The number of nitrogens with one attached hydrogen (secondary N) is 1. The van der Waals surface area contributed by atoms with Crippen LogP contribution < -0.4 is 5.32 Å². The van der Waals surface area contributed by atoms with Crippen molar-refractivity contribution in [3.05, 3.63) is 17.5 Å². The highest BCUT2D eigenvalue weighted by atomic mass is 15.3. The number of nitriles is 1. The normalized spacial score (nSPS) is 11.0. The minimum Gasteiger partial charge on any atom is -0.310 e. The molecule has 0 bridgehead atoms. The van der Waals surface area contributed by atoms with Gasteiger partial charge in [0.1, 0.15) is 6.07 Å². The van der Waals surface area contributed by atoms with Crippen LogP contribution in [-0.4, -0.2) is 15.8 Å².